The molecule has 0 saturated carbocycles. The molecule has 3 heteroatoms. The van der Waals surface area contributed by atoms with E-state index in [1.54, 1.807) is 21.3 Å². The van der Waals surface area contributed by atoms with E-state index in [0.29, 0.717) is 0 Å². The maximum atomic E-state index is 5.43. The second-order valence-electron chi connectivity index (χ2n) is 7.55. The summed E-state index contributed by atoms with van der Waals surface area (Å²) in [5.74, 6) is 2.48. The van der Waals surface area contributed by atoms with Crippen LogP contribution in [0.5, 0.6) is 17.2 Å². The molecule has 1 radical (unpaired) electrons. The van der Waals surface area contributed by atoms with Crippen molar-refractivity contribution in [3.05, 3.63) is 132 Å². The van der Waals surface area contributed by atoms with Gasteiger partial charge in [-0.1, -0.05) is 66.7 Å². The van der Waals surface area contributed by atoms with E-state index in [-0.39, 0.29) is 0 Å². The number of benzene rings is 4. The maximum absolute atomic E-state index is 5.43. The molecule has 4 aromatic carbocycles. The predicted octanol–water partition coefficient (Wildman–Crippen LogP) is 6.30. The molecule has 161 valence electrons. The Morgan fingerprint density at radius 3 is 1.12 bits per heavy atom. The molecular weight excluding hydrogens is 396 g/mol. The summed E-state index contributed by atoms with van der Waals surface area (Å²) in [6.45, 7) is 0. The first-order valence-corrected chi connectivity index (χ1v) is 10.5. The summed E-state index contributed by atoms with van der Waals surface area (Å²) >= 11 is 0. The van der Waals surface area contributed by atoms with Gasteiger partial charge >= 0.3 is 0 Å². The Hall–Kier alpha value is -3.72. The normalized spacial score (nSPS) is 11.1. The van der Waals surface area contributed by atoms with Gasteiger partial charge in [-0.25, -0.2) is 0 Å². The molecule has 0 fully saturated rings. The van der Waals surface area contributed by atoms with Crippen molar-refractivity contribution in [1.82, 2.24) is 0 Å². The molecule has 0 unspecified atom stereocenters. The van der Waals surface area contributed by atoms with E-state index in [0.717, 1.165) is 39.5 Å². The summed E-state index contributed by atoms with van der Waals surface area (Å²) in [5.41, 5.74) is 4.01. The molecule has 4 rings (SSSR count). The van der Waals surface area contributed by atoms with Crippen LogP contribution in [0.3, 0.4) is 0 Å². The van der Waals surface area contributed by atoms with E-state index in [1.807, 2.05) is 42.5 Å². The number of rotatable bonds is 8. The third kappa shape index (κ3) is 4.19. The molecule has 0 spiro atoms. The average molecular weight is 424 g/mol. The van der Waals surface area contributed by atoms with Crippen LogP contribution < -0.4 is 14.2 Å². The van der Waals surface area contributed by atoms with E-state index < -0.39 is 5.41 Å². The van der Waals surface area contributed by atoms with Crippen molar-refractivity contribution in [3.8, 4) is 17.2 Å². The van der Waals surface area contributed by atoms with Crippen LogP contribution in [0, 0.1) is 6.42 Å². The van der Waals surface area contributed by atoms with Gasteiger partial charge in [-0.3, -0.25) is 0 Å². The SMILES string of the molecule is COc1ccc(C([CH]c2ccccc2)(c2ccc(OC)cc2)c2ccc(OC)cc2)cc1. The Bertz CT molecular complexity index is 1000. The molecule has 0 atom stereocenters. The fraction of sp³-hybridized carbons (Fsp3) is 0.138. The molecule has 4 aromatic rings. The molecule has 0 aromatic heterocycles. The van der Waals surface area contributed by atoms with Gasteiger partial charge in [0.2, 0.25) is 0 Å². The minimum Gasteiger partial charge on any atom is -0.497 e. The smallest absolute Gasteiger partial charge is 0.118 e. The lowest BCUT2D eigenvalue weighted by Crippen LogP contribution is -2.30. The summed E-state index contributed by atoms with van der Waals surface area (Å²) in [4.78, 5) is 0. The highest BCUT2D eigenvalue weighted by molar-refractivity contribution is 5.58. The highest BCUT2D eigenvalue weighted by Crippen LogP contribution is 2.44. The number of hydrogen-bond acceptors (Lipinski definition) is 3. The van der Waals surface area contributed by atoms with Crippen molar-refractivity contribution in [2.24, 2.45) is 0 Å². The van der Waals surface area contributed by atoms with Crippen molar-refractivity contribution in [1.29, 1.82) is 0 Å². The Labute approximate surface area is 190 Å². The Balaban J connectivity index is 1.98. The molecule has 0 aliphatic rings. The number of ether oxygens (including phenoxy) is 3. The van der Waals surface area contributed by atoms with E-state index in [2.05, 4.69) is 67.1 Å². The van der Waals surface area contributed by atoms with E-state index >= 15 is 0 Å². The summed E-state index contributed by atoms with van der Waals surface area (Å²) < 4.78 is 16.3. The molecule has 32 heavy (non-hydrogen) atoms. The van der Waals surface area contributed by atoms with Gasteiger partial charge in [0, 0.05) is 6.42 Å². The van der Waals surface area contributed by atoms with Gasteiger partial charge in [-0.15, -0.1) is 0 Å². The first-order chi connectivity index (χ1) is 15.7. The third-order valence-corrected chi connectivity index (χ3v) is 5.82. The van der Waals surface area contributed by atoms with Crippen LogP contribution >= 0.6 is 0 Å². The molecule has 0 aliphatic carbocycles. The van der Waals surface area contributed by atoms with Gasteiger partial charge in [0.05, 0.1) is 26.7 Å². The van der Waals surface area contributed by atoms with E-state index in [4.69, 9.17) is 14.2 Å². The zero-order valence-electron chi connectivity index (χ0n) is 18.6. The van der Waals surface area contributed by atoms with Crippen LogP contribution in [0.4, 0.5) is 0 Å². The molecule has 0 heterocycles. The lowest BCUT2D eigenvalue weighted by molar-refractivity contribution is 0.414. The first kappa shape index (κ1) is 21.5. The average Bonchev–Trinajstić information content (AvgIpc) is 2.88. The predicted molar refractivity (Wildman–Crippen MR) is 129 cm³/mol. The molecule has 0 saturated heterocycles. The Morgan fingerprint density at radius 1 is 0.469 bits per heavy atom. The topological polar surface area (TPSA) is 27.7 Å². The van der Waals surface area contributed by atoms with Gasteiger partial charge in [-0.2, -0.15) is 0 Å². The minimum absolute atomic E-state index is 0.536. The van der Waals surface area contributed by atoms with Gasteiger partial charge in [0.1, 0.15) is 17.2 Å². The third-order valence-electron chi connectivity index (χ3n) is 5.82. The summed E-state index contributed by atoms with van der Waals surface area (Å²) in [6.07, 6.45) is 2.32. The zero-order valence-corrected chi connectivity index (χ0v) is 18.6. The van der Waals surface area contributed by atoms with Crippen molar-refractivity contribution in [2.75, 3.05) is 21.3 Å². The fourth-order valence-electron chi connectivity index (χ4n) is 4.11. The van der Waals surface area contributed by atoms with Gasteiger partial charge in [0.15, 0.2) is 0 Å². The van der Waals surface area contributed by atoms with Crippen LogP contribution in [0.2, 0.25) is 0 Å². The largest absolute Gasteiger partial charge is 0.497 e. The van der Waals surface area contributed by atoms with Crippen molar-refractivity contribution < 1.29 is 14.2 Å². The molecule has 0 amide bonds. The van der Waals surface area contributed by atoms with Crippen LogP contribution in [0.1, 0.15) is 22.3 Å². The standard InChI is InChI=1S/C29H27O3/c1-30-26-15-9-23(10-16-26)29(21-22-7-5-4-6-8-22,24-11-17-27(31-2)18-12-24)25-13-19-28(32-3)20-14-25/h4-21H,1-3H3. The van der Waals surface area contributed by atoms with Crippen molar-refractivity contribution in [3.63, 3.8) is 0 Å². The zero-order chi connectivity index (χ0) is 22.4. The Kier molecular flexibility index (Phi) is 6.46. The monoisotopic (exact) mass is 423 g/mol. The van der Waals surface area contributed by atoms with Crippen LogP contribution in [0.15, 0.2) is 103 Å². The molecule has 3 nitrogen and oxygen atoms in total. The lowest BCUT2D eigenvalue weighted by atomic mass is 9.66. The molecule has 0 aliphatic heterocycles. The quantitative estimate of drug-likeness (QED) is 0.311. The van der Waals surface area contributed by atoms with Crippen molar-refractivity contribution in [2.45, 2.75) is 5.41 Å². The second-order valence-corrected chi connectivity index (χ2v) is 7.55. The fourth-order valence-corrected chi connectivity index (χ4v) is 4.11. The van der Waals surface area contributed by atoms with Crippen molar-refractivity contribution >= 4 is 0 Å². The van der Waals surface area contributed by atoms with Gasteiger partial charge in [-0.05, 0) is 58.7 Å². The summed E-state index contributed by atoms with van der Waals surface area (Å²) in [7, 11) is 5.06. The second kappa shape index (κ2) is 9.61. The Morgan fingerprint density at radius 2 is 0.812 bits per heavy atom. The highest BCUT2D eigenvalue weighted by atomic mass is 16.5. The lowest BCUT2D eigenvalue weighted by Gasteiger charge is -2.36. The molecule has 0 N–H and O–H groups in total. The van der Waals surface area contributed by atoms with Gasteiger partial charge < -0.3 is 14.2 Å². The van der Waals surface area contributed by atoms with Crippen LogP contribution in [-0.4, -0.2) is 21.3 Å². The minimum atomic E-state index is -0.536. The van der Waals surface area contributed by atoms with Gasteiger partial charge in [0.25, 0.3) is 0 Å². The van der Waals surface area contributed by atoms with Crippen LogP contribution in [-0.2, 0) is 5.41 Å². The molecule has 0 bridgehead atoms. The summed E-state index contributed by atoms with van der Waals surface area (Å²) in [6, 6.07) is 35.3. The number of methoxy groups -OCH3 is 3. The number of hydrogen-bond donors (Lipinski definition) is 0. The maximum Gasteiger partial charge on any atom is 0.118 e. The highest BCUT2D eigenvalue weighted by Gasteiger charge is 2.37. The van der Waals surface area contributed by atoms with E-state index in [1.165, 1.54) is 0 Å². The molecular formula is C29H27O3. The van der Waals surface area contributed by atoms with Crippen LogP contribution in [0.25, 0.3) is 0 Å². The van der Waals surface area contributed by atoms with E-state index in [9.17, 15) is 0 Å². The first-order valence-electron chi connectivity index (χ1n) is 10.5. The summed E-state index contributed by atoms with van der Waals surface area (Å²) in [5, 5.41) is 0.